The average molecular weight is 379 g/mol. The van der Waals surface area contributed by atoms with Gasteiger partial charge in [0.15, 0.2) is 11.6 Å². The first-order valence-corrected chi connectivity index (χ1v) is 8.79. The van der Waals surface area contributed by atoms with Gasteiger partial charge in [-0.3, -0.25) is 9.59 Å². The summed E-state index contributed by atoms with van der Waals surface area (Å²) in [5.41, 5.74) is 3.48. The number of aryl methyl sites for hydroxylation is 2. The Morgan fingerprint density at radius 2 is 1.71 bits per heavy atom. The van der Waals surface area contributed by atoms with Crippen LogP contribution in [0.3, 0.4) is 0 Å². The van der Waals surface area contributed by atoms with Crippen LogP contribution in [0.4, 0.5) is 0 Å². The van der Waals surface area contributed by atoms with Crippen molar-refractivity contribution in [1.29, 1.82) is 0 Å². The van der Waals surface area contributed by atoms with E-state index in [1.165, 1.54) is 23.7 Å². The molecule has 2 aromatic carbocycles. The van der Waals surface area contributed by atoms with E-state index in [9.17, 15) is 14.7 Å². The third kappa shape index (κ3) is 4.43. The van der Waals surface area contributed by atoms with Gasteiger partial charge in [-0.15, -0.1) is 5.10 Å². The molecule has 0 spiro atoms. The zero-order valence-electron chi connectivity index (χ0n) is 16.0. The third-order valence-electron chi connectivity index (χ3n) is 4.31. The number of carbonyl (C=O) groups excluding carboxylic acids is 2. The maximum atomic E-state index is 12.3. The fourth-order valence-corrected chi connectivity index (χ4v) is 2.90. The molecule has 7 nitrogen and oxygen atoms in total. The van der Waals surface area contributed by atoms with E-state index < -0.39 is 0 Å². The summed E-state index contributed by atoms with van der Waals surface area (Å²) in [4.78, 5) is 23.8. The lowest BCUT2D eigenvalue weighted by molar-refractivity contribution is 0.0965. The molecule has 0 saturated heterocycles. The average Bonchev–Trinajstić information content (AvgIpc) is 3.08. The minimum absolute atomic E-state index is 0.0130. The number of hydrogen-bond acceptors (Lipinski definition) is 6. The van der Waals surface area contributed by atoms with Crippen molar-refractivity contribution in [3.05, 3.63) is 70.5 Å². The van der Waals surface area contributed by atoms with Crippen LogP contribution >= 0.6 is 0 Å². The fourth-order valence-electron chi connectivity index (χ4n) is 2.90. The van der Waals surface area contributed by atoms with E-state index in [-0.39, 0.29) is 30.5 Å². The van der Waals surface area contributed by atoms with Crippen molar-refractivity contribution < 1.29 is 19.4 Å². The number of phenolic OH excluding ortho intramolecular Hbond substituents is 1. The summed E-state index contributed by atoms with van der Waals surface area (Å²) in [6.45, 7) is 5.56. The van der Waals surface area contributed by atoms with Crippen molar-refractivity contribution in [1.82, 2.24) is 15.0 Å². The maximum absolute atomic E-state index is 12.3. The molecular formula is C21H21N3O4. The first-order chi connectivity index (χ1) is 13.3. The molecule has 0 aliphatic heterocycles. The summed E-state index contributed by atoms with van der Waals surface area (Å²) >= 11 is 0. The molecule has 28 heavy (non-hydrogen) atoms. The van der Waals surface area contributed by atoms with Gasteiger partial charge in [-0.05, 0) is 68.3 Å². The summed E-state index contributed by atoms with van der Waals surface area (Å²) in [7, 11) is 0. The summed E-state index contributed by atoms with van der Waals surface area (Å²) < 4.78 is 7.32. The van der Waals surface area contributed by atoms with Gasteiger partial charge in [0, 0.05) is 11.1 Å². The minimum Gasteiger partial charge on any atom is -0.508 e. The Morgan fingerprint density at radius 3 is 2.32 bits per heavy atom. The van der Waals surface area contributed by atoms with Crippen LogP contribution in [0.25, 0.3) is 0 Å². The minimum atomic E-state index is -0.135. The van der Waals surface area contributed by atoms with Crippen LogP contribution in [0.15, 0.2) is 42.6 Å². The van der Waals surface area contributed by atoms with E-state index in [2.05, 4.69) is 10.3 Å². The molecule has 3 rings (SSSR count). The highest BCUT2D eigenvalue weighted by Gasteiger charge is 2.12. The van der Waals surface area contributed by atoms with Gasteiger partial charge in [0.05, 0.1) is 6.20 Å². The largest absolute Gasteiger partial charge is 0.508 e. The number of aromatic nitrogens is 3. The highest BCUT2D eigenvalue weighted by atomic mass is 16.5. The second-order valence-corrected chi connectivity index (χ2v) is 6.66. The SMILES string of the molecule is CC(=O)c1cc(C)c(OCc2cn(CC(=O)c3ccc(O)cc3)nn2)c(C)c1. The number of aromatic hydroxyl groups is 1. The Morgan fingerprint density at radius 1 is 1.07 bits per heavy atom. The molecule has 1 N–H and O–H groups in total. The van der Waals surface area contributed by atoms with Gasteiger partial charge in [-0.25, -0.2) is 4.68 Å². The predicted octanol–water partition coefficient (Wildman–Crippen LogP) is 3.27. The van der Waals surface area contributed by atoms with Gasteiger partial charge in [0.1, 0.15) is 30.3 Å². The van der Waals surface area contributed by atoms with Crippen molar-refractivity contribution in [2.45, 2.75) is 33.9 Å². The quantitative estimate of drug-likeness (QED) is 0.633. The first kappa shape index (κ1) is 19.3. The molecule has 0 aliphatic rings. The molecule has 0 amide bonds. The Labute approximate surface area is 162 Å². The standard InChI is InChI=1S/C21H21N3O4/c1-13-8-17(15(3)25)9-14(2)21(13)28-12-18-10-24(23-22-18)11-20(27)16-4-6-19(26)7-5-16/h4-10,26H,11-12H2,1-3H3. The number of hydrogen-bond donors (Lipinski definition) is 1. The lowest BCUT2D eigenvalue weighted by atomic mass is 10.0. The number of Topliss-reactive ketones (excluding diaryl/α,β-unsaturated/α-hetero) is 2. The van der Waals surface area contributed by atoms with Gasteiger partial charge in [0.2, 0.25) is 0 Å². The lowest BCUT2D eigenvalue weighted by Gasteiger charge is -2.12. The number of ketones is 2. The van der Waals surface area contributed by atoms with E-state index in [1.807, 2.05) is 13.8 Å². The molecule has 0 aliphatic carbocycles. The molecule has 0 radical (unpaired) electrons. The smallest absolute Gasteiger partial charge is 0.184 e. The topological polar surface area (TPSA) is 94.3 Å². The monoisotopic (exact) mass is 379 g/mol. The molecular weight excluding hydrogens is 358 g/mol. The van der Waals surface area contributed by atoms with Crippen molar-refractivity contribution in [2.75, 3.05) is 0 Å². The van der Waals surface area contributed by atoms with Crippen LogP contribution in [0, 0.1) is 13.8 Å². The molecule has 0 unspecified atom stereocenters. The normalized spacial score (nSPS) is 10.7. The second kappa shape index (κ2) is 8.04. The van der Waals surface area contributed by atoms with Gasteiger partial charge >= 0.3 is 0 Å². The van der Waals surface area contributed by atoms with Crippen LogP contribution in [-0.2, 0) is 13.2 Å². The zero-order chi connectivity index (χ0) is 20.3. The van der Waals surface area contributed by atoms with E-state index >= 15 is 0 Å². The summed E-state index contributed by atoms with van der Waals surface area (Å²) in [5, 5.41) is 17.3. The lowest BCUT2D eigenvalue weighted by Crippen LogP contribution is -2.10. The predicted molar refractivity (Wildman–Crippen MR) is 103 cm³/mol. The van der Waals surface area contributed by atoms with Crippen LogP contribution in [0.2, 0.25) is 0 Å². The maximum Gasteiger partial charge on any atom is 0.184 e. The molecule has 0 bridgehead atoms. The highest BCUT2D eigenvalue weighted by molar-refractivity contribution is 5.96. The number of benzene rings is 2. The molecule has 0 saturated carbocycles. The van der Waals surface area contributed by atoms with Gasteiger partial charge in [-0.1, -0.05) is 5.21 Å². The number of rotatable bonds is 7. The molecule has 144 valence electrons. The molecule has 1 aromatic heterocycles. The number of ether oxygens (including phenoxy) is 1. The van der Waals surface area contributed by atoms with Crippen molar-refractivity contribution in [3.8, 4) is 11.5 Å². The van der Waals surface area contributed by atoms with E-state index in [4.69, 9.17) is 4.74 Å². The van der Waals surface area contributed by atoms with Gasteiger partial charge in [-0.2, -0.15) is 0 Å². The fraction of sp³-hybridized carbons (Fsp3) is 0.238. The molecule has 0 fully saturated rings. The van der Waals surface area contributed by atoms with E-state index in [1.54, 1.807) is 30.5 Å². The first-order valence-electron chi connectivity index (χ1n) is 8.79. The number of carbonyl (C=O) groups is 2. The van der Waals surface area contributed by atoms with Crippen LogP contribution in [0.5, 0.6) is 11.5 Å². The molecule has 7 heteroatoms. The Hall–Kier alpha value is -3.48. The molecule has 3 aromatic rings. The van der Waals surface area contributed by atoms with E-state index in [0.717, 1.165) is 11.1 Å². The summed E-state index contributed by atoms with van der Waals surface area (Å²) in [5.74, 6) is 0.696. The Kier molecular flexibility index (Phi) is 5.54. The van der Waals surface area contributed by atoms with Crippen molar-refractivity contribution in [2.24, 2.45) is 0 Å². The van der Waals surface area contributed by atoms with Crippen LogP contribution in [-0.4, -0.2) is 31.7 Å². The van der Waals surface area contributed by atoms with Crippen LogP contribution in [0.1, 0.15) is 44.5 Å². The second-order valence-electron chi connectivity index (χ2n) is 6.66. The van der Waals surface area contributed by atoms with Crippen molar-refractivity contribution >= 4 is 11.6 Å². The summed E-state index contributed by atoms with van der Waals surface area (Å²) in [6.07, 6.45) is 1.66. The third-order valence-corrected chi connectivity index (χ3v) is 4.31. The van der Waals surface area contributed by atoms with Crippen LogP contribution < -0.4 is 4.74 Å². The van der Waals surface area contributed by atoms with E-state index in [0.29, 0.717) is 22.6 Å². The number of phenols is 1. The summed E-state index contributed by atoms with van der Waals surface area (Å²) in [6, 6.07) is 9.67. The number of nitrogens with zero attached hydrogens (tertiary/aromatic N) is 3. The van der Waals surface area contributed by atoms with Crippen molar-refractivity contribution in [3.63, 3.8) is 0 Å². The highest BCUT2D eigenvalue weighted by Crippen LogP contribution is 2.25. The zero-order valence-corrected chi connectivity index (χ0v) is 16.0. The Balaban J connectivity index is 1.64. The molecule has 1 heterocycles. The van der Waals surface area contributed by atoms with Gasteiger partial charge in [0.25, 0.3) is 0 Å². The Bertz CT molecular complexity index is 999. The van der Waals surface area contributed by atoms with Gasteiger partial charge < -0.3 is 9.84 Å². The molecule has 0 atom stereocenters.